The van der Waals surface area contributed by atoms with E-state index in [1.165, 1.54) is 5.56 Å². The predicted molar refractivity (Wildman–Crippen MR) is 69.2 cm³/mol. The Morgan fingerprint density at radius 1 is 1.11 bits per heavy atom. The summed E-state index contributed by atoms with van der Waals surface area (Å²) < 4.78 is 0. The van der Waals surface area contributed by atoms with E-state index in [1.807, 2.05) is 18.2 Å². The van der Waals surface area contributed by atoms with Crippen molar-refractivity contribution >= 4 is 11.9 Å². The van der Waals surface area contributed by atoms with Gasteiger partial charge in [0, 0.05) is 18.7 Å². The summed E-state index contributed by atoms with van der Waals surface area (Å²) in [5.41, 5.74) is 1.29. The van der Waals surface area contributed by atoms with Crippen LogP contribution >= 0.6 is 0 Å². The maximum absolute atomic E-state index is 11.1. The Bertz CT molecular complexity index is 412. The van der Waals surface area contributed by atoms with Crippen LogP contribution in [0.3, 0.4) is 0 Å². The Morgan fingerprint density at radius 3 is 2.50 bits per heavy atom. The number of benzene rings is 1. The van der Waals surface area contributed by atoms with Crippen molar-refractivity contribution in [2.75, 3.05) is 6.54 Å². The summed E-state index contributed by atoms with van der Waals surface area (Å²) in [5, 5.41) is 11.0. The monoisotopic (exact) mass is 247 g/mol. The number of hydrogen-bond acceptors (Lipinski definition) is 2. The van der Waals surface area contributed by atoms with Gasteiger partial charge in [0.25, 0.3) is 0 Å². The summed E-state index contributed by atoms with van der Waals surface area (Å²) in [6.07, 6.45) is 4.72. The van der Waals surface area contributed by atoms with Crippen molar-refractivity contribution in [1.29, 1.82) is 0 Å². The number of unbranched alkanes of at least 4 members (excludes halogenated alkanes) is 1. The van der Waals surface area contributed by atoms with Crippen LogP contribution in [0.1, 0.15) is 18.4 Å². The lowest BCUT2D eigenvalue weighted by molar-refractivity contribution is -0.131. The predicted octanol–water partition coefficient (Wildman–Crippen LogP) is 1.77. The highest BCUT2D eigenvalue weighted by Crippen LogP contribution is 2.03. The maximum Gasteiger partial charge on any atom is 0.328 e. The molecule has 2 N–H and O–H groups in total. The molecule has 0 fully saturated rings. The molecule has 1 amide bonds. The van der Waals surface area contributed by atoms with E-state index in [9.17, 15) is 9.59 Å². The highest BCUT2D eigenvalue weighted by atomic mass is 16.4. The van der Waals surface area contributed by atoms with Gasteiger partial charge in [0.1, 0.15) is 0 Å². The molecule has 96 valence electrons. The Balaban J connectivity index is 2.09. The zero-order valence-electron chi connectivity index (χ0n) is 10.1. The largest absolute Gasteiger partial charge is 0.478 e. The number of aryl methyl sites for hydroxylation is 1. The van der Waals surface area contributed by atoms with Gasteiger partial charge in [-0.3, -0.25) is 4.79 Å². The van der Waals surface area contributed by atoms with Gasteiger partial charge >= 0.3 is 5.97 Å². The van der Waals surface area contributed by atoms with E-state index in [2.05, 4.69) is 17.4 Å². The van der Waals surface area contributed by atoms with Gasteiger partial charge in [0.05, 0.1) is 0 Å². The number of carboxylic acids is 1. The van der Waals surface area contributed by atoms with Gasteiger partial charge in [-0.25, -0.2) is 4.79 Å². The van der Waals surface area contributed by atoms with Gasteiger partial charge in [-0.1, -0.05) is 30.3 Å². The van der Waals surface area contributed by atoms with Crippen LogP contribution in [0.15, 0.2) is 42.5 Å². The summed E-state index contributed by atoms with van der Waals surface area (Å²) in [6.45, 7) is 0.565. The van der Waals surface area contributed by atoms with Gasteiger partial charge in [-0.05, 0) is 24.8 Å². The van der Waals surface area contributed by atoms with Crippen LogP contribution in [0.25, 0.3) is 0 Å². The van der Waals surface area contributed by atoms with E-state index in [0.29, 0.717) is 6.54 Å². The van der Waals surface area contributed by atoms with Gasteiger partial charge in [0.15, 0.2) is 0 Å². The molecule has 0 saturated heterocycles. The maximum atomic E-state index is 11.1. The second-order valence-electron chi connectivity index (χ2n) is 3.91. The SMILES string of the molecule is O=C(O)/C=C/C(=O)NCCCCc1ccccc1. The van der Waals surface area contributed by atoms with Crippen LogP contribution in [0.2, 0.25) is 0 Å². The number of amides is 1. The molecule has 0 heterocycles. The molecule has 1 rings (SSSR count). The molecular weight excluding hydrogens is 230 g/mol. The molecule has 0 aromatic heterocycles. The highest BCUT2D eigenvalue weighted by molar-refractivity contribution is 5.93. The molecular formula is C14H17NO3. The van der Waals surface area contributed by atoms with E-state index in [0.717, 1.165) is 31.4 Å². The van der Waals surface area contributed by atoms with E-state index < -0.39 is 5.97 Å². The normalized spacial score (nSPS) is 10.4. The number of hydrogen-bond donors (Lipinski definition) is 2. The molecule has 0 radical (unpaired) electrons. The molecule has 4 nitrogen and oxygen atoms in total. The quantitative estimate of drug-likeness (QED) is 0.570. The Morgan fingerprint density at radius 2 is 1.83 bits per heavy atom. The van der Waals surface area contributed by atoms with Crippen molar-refractivity contribution in [2.45, 2.75) is 19.3 Å². The summed E-state index contributed by atoms with van der Waals surface area (Å²) >= 11 is 0. The van der Waals surface area contributed by atoms with Crippen LogP contribution in [0, 0.1) is 0 Å². The van der Waals surface area contributed by atoms with E-state index in [-0.39, 0.29) is 5.91 Å². The van der Waals surface area contributed by atoms with E-state index in [1.54, 1.807) is 0 Å². The van der Waals surface area contributed by atoms with Crippen LogP contribution in [0.5, 0.6) is 0 Å². The smallest absolute Gasteiger partial charge is 0.328 e. The summed E-state index contributed by atoms with van der Waals surface area (Å²) in [5.74, 6) is -1.48. The fraction of sp³-hybridized carbons (Fsp3) is 0.286. The third-order valence-corrected chi connectivity index (χ3v) is 2.41. The molecule has 0 bridgehead atoms. The minimum absolute atomic E-state index is 0.364. The molecule has 18 heavy (non-hydrogen) atoms. The Kier molecular flexibility index (Phi) is 6.25. The number of nitrogens with one attached hydrogen (secondary N) is 1. The molecule has 1 aromatic rings. The van der Waals surface area contributed by atoms with Gasteiger partial charge in [0.2, 0.25) is 5.91 Å². The molecule has 0 atom stereocenters. The average molecular weight is 247 g/mol. The number of carboxylic acid groups (broad SMARTS) is 1. The first-order valence-electron chi connectivity index (χ1n) is 5.91. The van der Waals surface area contributed by atoms with Crippen molar-refractivity contribution in [3.8, 4) is 0 Å². The average Bonchev–Trinajstić information content (AvgIpc) is 2.37. The second kappa shape index (κ2) is 8.06. The molecule has 4 heteroatoms. The molecule has 0 aliphatic rings. The van der Waals surface area contributed by atoms with Crippen molar-refractivity contribution in [3.05, 3.63) is 48.0 Å². The van der Waals surface area contributed by atoms with Crippen LogP contribution in [-0.4, -0.2) is 23.5 Å². The lowest BCUT2D eigenvalue weighted by Gasteiger charge is -2.02. The summed E-state index contributed by atoms with van der Waals surface area (Å²) in [4.78, 5) is 21.3. The lowest BCUT2D eigenvalue weighted by Crippen LogP contribution is -2.22. The van der Waals surface area contributed by atoms with E-state index >= 15 is 0 Å². The van der Waals surface area contributed by atoms with Gasteiger partial charge < -0.3 is 10.4 Å². The van der Waals surface area contributed by atoms with Crippen molar-refractivity contribution in [1.82, 2.24) is 5.32 Å². The topological polar surface area (TPSA) is 66.4 Å². The third-order valence-electron chi connectivity index (χ3n) is 2.41. The summed E-state index contributed by atoms with van der Waals surface area (Å²) in [7, 11) is 0. The number of rotatable bonds is 7. The molecule has 0 aliphatic heterocycles. The van der Waals surface area contributed by atoms with Crippen molar-refractivity contribution in [2.24, 2.45) is 0 Å². The van der Waals surface area contributed by atoms with Crippen LogP contribution in [0.4, 0.5) is 0 Å². The highest BCUT2D eigenvalue weighted by Gasteiger charge is 1.96. The standard InChI is InChI=1S/C14H17NO3/c16-13(9-10-14(17)18)15-11-5-4-8-12-6-2-1-3-7-12/h1-3,6-7,9-10H,4-5,8,11H2,(H,15,16)(H,17,18)/b10-9+. The van der Waals surface area contributed by atoms with Gasteiger partial charge in [-0.2, -0.15) is 0 Å². The minimum Gasteiger partial charge on any atom is -0.478 e. The molecule has 0 saturated carbocycles. The molecule has 1 aromatic carbocycles. The summed E-state index contributed by atoms with van der Waals surface area (Å²) in [6, 6.07) is 10.2. The fourth-order valence-corrected chi connectivity index (χ4v) is 1.52. The Labute approximate surface area is 106 Å². The first kappa shape index (κ1) is 14.0. The molecule has 0 unspecified atom stereocenters. The number of carbonyl (C=O) groups is 2. The van der Waals surface area contributed by atoms with Crippen molar-refractivity contribution < 1.29 is 14.7 Å². The third kappa shape index (κ3) is 6.48. The van der Waals surface area contributed by atoms with Crippen LogP contribution < -0.4 is 5.32 Å². The minimum atomic E-state index is -1.12. The molecule has 0 spiro atoms. The molecule has 0 aliphatic carbocycles. The Hall–Kier alpha value is -2.10. The zero-order valence-corrected chi connectivity index (χ0v) is 10.1. The van der Waals surface area contributed by atoms with Gasteiger partial charge in [-0.15, -0.1) is 0 Å². The first-order valence-corrected chi connectivity index (χ1v) is 5.91. The first-order chi connectivity index (χ1) is 8.68. The van der Waals surface area contributed by atoms with E-state index in [4.69, 9.17) is 5.11 Å². The number of aliphatic carboxylic acids is 1. The second-order valence-corrected chi connectivity index (χ2v) is 3.91. The van der Waals surface area contributed by atoms with Crippen molar-refractivity contribution in [3.63, 3.8) is 0 Å². The van der Waals surface area contributed by atoms with Crippen LogP contribution in [-0.2, 0) is 16.0 Å². The fourth-order valence-electron chi connectivity index (χ4n) is 1.52. The number of carbonyl (C=O) groups excluding carboxylic acids is 1. The lowest BCUT2D eigenvalue weighted by atomic mass is 10.1. The zero-order chi connectivity index (χ0) is 13.2.